The zero-order valence-electron chi connectivity index (χ0n) is 46.5. The van der Waals surface area contributed by atoms with Crippen molar-refractivity contribution in [2.24, 2.45) is 0 Å². The average Bonchev–Trinajstić information content (AvgIpc) is 3.93. The van der Waals surface area contributed by atoms with Crippen LogP contribution in [0.4, 0.5) is 0 Å². The Morgan fingerprint density at radius 3 is 0.889 bits per heavy atom. The maximum atomic E-state index is 4.18. The first kappa shape index (κ1) is 55.3. The molecule has 0 heterocycles. The minimum Gasteiger partial charge on any atom is -0.0654 e. The first-order valence-corrected chi connectivity index (χ1v) is 31.9. The lowest BCUT2D eigenvalue weighted by Crippen LogP contribution is -2.31. The molecule has 0 aliphatic heterocycles. The van der Waals surface area contributed by atoms with Gasteiger partial charge in [-0.25, -0.2) is 0 Å². The fourth-order valence-electron chi connectivity index (χ4n) is 14.8. The van der Waals surface area contributed by atoms with Crippen molar-refractivity contribution in [3.05, 3.63) is 127 Å². The van der Waals surface area contributed by atoms with Crippen molar-refractivity contribution in [1.82, 2.24) is 0 Å². The summed E-state index contributed by atoms with van der Waals surface area (Å²) in [5.41, 5.74) is 23.9. The zero-order chi connectivity index (χ0) is 50.7. The highest BCUT2D eigenvalue weighted by Crippen LogP contribution is 2.72. The molecule has 0 unspecified atom stereocenters. The fourth-order valence-corrected chi connectivity index (χ4v) is 15.5. The van der Waals surface area contributed by atoms with Crippen LogP contribution < -0.4 is 0 Å². The van der Waals surface area contributed by atoms with Crippen LogP contribution in [-0.2, 0) is 16.2 Å². The van der Waals surface area contributed by atoms with Crippen LogP contribution in [0.5, 0.6) is 0 Å². The Labute approximate surface area is 457 Å². The molecule has 0 N–H and O–H groups in total. The van der Waals surface area contributed by atoms with Crippen molar-refractivity contribution in [3.63, 3.8) is 0 Å². The van der Waals surface area contributed by atoms with E-state index in [1.165, 1.54) is 218 Å². The van der Waals surface area contributed by atoms with Crippen LogP contribution >= 0.6 is 31.9 Å². The van der Waals surface area contributed by atoms with Crippen LogP contribution in [0.3, 0.4) is 0 Å². The summed E-state index contributed by atoms with van der Waals surface area (Å²) in [4.78, 5) is 0. The van der Waals surface area contributed by atoms with Crippen LogP contribution in [0.2, 0.25) is 0 Å². The highest BCUT2D eigenvalue weighted by atomic mass is 79.9. The van der Waals surface area contributed by atoms with E-state index >= 15 is 0 Å². The molecule has 3 aliphatic rings. The molecule has 0 amide bonds. The number of hydrogen-bond acceptors (Lipinski definition) is 0. The van der Waals surface area contributed by atoms with Gasteiger partial charge in [0.05, 0.1) is 0 Å². The van der Waals surface area contributed by atoms with Crippen LogP contribution in [0.25, 0.3) is 44.5 Å². The lowest BCUT2D eigenvalue weighted by Gasteiger charge is -2.40. The summed E-state index contributed by atoms with van der Waals surface area (Å²) in [5, 5.41) is 0. The monoisotopic (exact) mass is 1090 g/mol. The molecule has 5 aromatic rings. The van der Waals surface area contributed by atoms with Gasteiger partial charge < -0.3 is 0 Å². The maximum absolute atomic E-state index is 4.18. The summed E-state index contributed by atoms with van der Waals surface area (Å²) >= 11 is 8.36. The van der Waals surface area contributed by atoms with Crippen LogP contribution in [-0.4, -0.2) is 0 Å². The first-order chi connectivity index (χ1) is 35.2. The second kappa shape index (κ2) is 25.7. The predicted octanol–water partition coefficient (Wildman–Crippen LogP) is 23.8. The van der Waals surface area contributed by atoms with Gasteiger partial charge in [-0.05, 0) is 154 Å². The molecular formula is C70H94Br2. The van der Waals surface area contributed by atoms with Gasteiger partial charge in [0.25, 0.3) is 0 Å². The molecule has 3 aliphatic carbocycles. The van der Waals surface area contributed by atoms with E-state index in [0.717, 1.165) is 0 Å². The van der Waals surface area contributed by atoms with Crippen molar-refractivity contribution >= 4 is 31.9 Å². The van der Waals surface area contributed by atoms with E-state index in [9.17, 15) is 0 Å². The van der Waals surface area contributed by atoms with Crippen molar-refractivity contribution < 1.29 is 0 Å². The third kappa shape index (κ3) is 10.9. The van der Waals surface area contributed by atoms with Crippen LogP contribution in [0.1, 0.15) is 273 Å². The van der Waals surface area contributed by atoms with Crippen LogP contribution in [0.15, 0.2) is 87.8 Å². The van der Waals surface area contributed by atoms with Gasteiger partial charge in [-0.3, -0.25) is 0 Å². The third-order valence-corrected chi connectivity index (χ3v) is 19.4. The summed E-state index contributed by atoms with van der Waals surface area (Å²) in [6.45, 7) is 16.6. The van der Waals surface area contributed by atoms with Crippen LogP contribution in [0, 0.1) is 6.92 Å². The molecule has 0 atom stereocenters. The summed E-state index contributed by atoms with van der Waals surface area (Å²) in [6.07, 6.45) is 38.5. The molecular weight excluding hydrogens is 1000 g/mol. The minimum atomic E-state index is -0.0810. The molecule has 72 heavy (non-hydrogen) atoms. The van der Waals surface area contributed by atoms with Gasteiger partial charge in [0.1, 0.15) is 0 Å². The Bertz CT molecular complexity index is 2510. The minimum absolute atomic E-state index is 0.0577. The number of unbranched alkanes of at least 4 members (excludes halogenated alkanes) is 18. The molecule has 0 bridgehead atoms. The first-order valence-electron chi connectivity index (χ1n) is 30.3. The average molecular weight is 1100 g/mol. The molecule has 8 rings (SSSR count). The largest absolute Gasteiger partial charge is 0.0654 e. The van der Waals surface area contributed by atoms with E-state index in [-0.39, 0.29) is 16.2 Å². The summed E-state index contributed by atoms with van der Waals surface area (Å²) in [6, 6.07) is 32.8. The molecule has 0 spiro atoms. The lowest BCUT2D eigenvalue weighted by molar-refractivity contribution is 0.389. The van der Waals surface area contributed by atoms with E-state index in [2.05, 4.69) is 159 Å². The van der Waals surface area contributed by atoms with Gasteiger partial charge in [0.15, 0.2) is 0 Å². The van der Waals surface area contributed by atoms with E-state index < -0.39 is 0 Å². The quantitative estimate of drug-likeness (QED) is 0.0388. The van der Waals surface area contributed by atoms with Gasteiger partial charge in [-0.1, -0.05) is 282 Å². The Hall–Kier alpha value is -2.94. The fraction of sp³-hybridized carbons (Fsp3) is 0.571. The molecule has 0 saturated carbocycles. The van der Waals surface area contributed by atoms with Gasteiger partial charge in [-0.15, -0.1) is 0 Å². The van der Waals surface area contributed by atoms with E-state index in [1.807, 2.05) is 0 Å². The molecule has 0 saturated heterocycles. The Morgan fingerprint density at radius 2 is 0.583 bits per heavy atom. The topological polar surface area (TPSA) is 0 Å². The number of benzene rings is 5. The number of aryl methyl sites for hydroxylation is 1. The predicted molar refractivity (Wildman–Crippen MR) is 323 cm³/mol. The van der Waals surface area contributed by atoms with Gasteiger partial charge in [0.2, 0.25) is 0 Å². The van der Waals surface area contributed by atoms with Crippen molar-refractivity contribution in [3.8, 4) is 44.5 Å². The standard InChI is InChI=1S/C70H94Br2/c1-8-14-20-26-42-68(43-27-21-15-9-2)59-48-53(52-34-32-51(7)33-35-52)36-39-56(59)62-65(68)63-57-40-37-54(71)49-60(57)70(46-30-24-18-12-5,47-31-25-19-13-6)67(63)64-58-41-38-55(72)50-61(58)69(66(62)64,44-28-22-16-10-3)45-29-23-17-11-4/h32-41,48-50H,8-31,42-47H2,1-7H3. The third-order valence-electron chi connectivity index (χ3n) is 18.4. The van der Waals surface area contributed by atoms with Crippen molar-refractivity contribution in [2.75, 3.05) is 0 Å². The Balaban J connectivity index is 1.58. The SMILES string of the molecule is CCCCCCC1(CCCCCC)c2cc(Br)ccc2-c2c1c1c(c3c2C(CCCCCC)(CCCCCC)c2cc(-c4ccc(C)cc4)ccc2-3)C(CCCCCC)(CCCCCC)c2cc(Br)ccc2-1. The molecule has 0 fully saturated rings. The van der Waals surface area contributed by atoms with E-state index in [0.29, 0.717) is 0 Å². The molecule has 0 radical (unpaired) electrons. The van der Waals surface area contributed by atoms with Crippen molar-refractivity contribution in [2.45, 2.75) is 257 Å². The summed E-state index contributed by atoms with van der Waals surface area (Å²) in [7, 11) is 0. The van der Waals surface area contributed by atoms with Gasteiger partial charge in [0, 0.05) is 25.2 Å². The summed E-state index contributed by atoms with van der Waals surface area (Å²) in [5.74, 6) is 0. The smallest absolute Gasteiger partial charge is 0.0222 e. The molecule has 388 valence electrons. The number of halogens is 2. The maximum Gasteiger partial charge on any atom is 0.0222 e. The van der Waals surface area contributed by atoms with E-state index in [1.54, 1.807) is 66.8 Å². The Morgan fingerprint density at radius 1 is 0.306 bits per heavy atom. The number of fused-ring (bicyclic) bond motifs is 12. The van der Waals surface area contributed by atoms with Crippen molar-refractivity contribution in [1.29, 1.82) is 0 Å². The zero-order valence-corrected chi connectivity index (χ0v) is 49.6. The van der Waals surface area contributed by atoms with Gasteiger partial charge in [-0.2, -0.15) is 0 Å². The second-order valence-electron chi connectivity index (χ2n) is 23.4. The molecule has 2 heteroatoms. The molecule has 5 aromatic carbocycles. The lowest BCUT2D eigenvalue weighted by atomic mass is 9.63. The molecule has 0 aromatic heterocycles. The summed E-state index contributed by atoms with van der Waals surface area (Å²) < 4.78 is 2.49. The molecule has 0 nitrogen and oxygen atoms in total. The number of hydrogen-bond donors (Lipinski definition) is 0. The van der Waals surface area contributed by atoms with Gasteiger partial charge >= 0.3 is 0 Å². The Kier molecular flexibility index (Phi) is 19.8. The highest BCUT2D eigenvalue weighted by Gasteiger charge is 2.57. The highest BCUT2D eigenvalue weighted by molar-refractivity contribution is 9.10. The number of rotatable bonds is 31. The second-order valence-corrected chi connectivity index (χ2v) is 25.2. The van der Waals surface area contributed by atoms with E-state index in [4.69, 9.17) is 0 Å². The normalized spacial score (nSPS) is 15.1.